The Kier molecular flexibility index (Phi) is 11.9. The van der Waals surface area contributed by atoms with E-state index < -0.39 is 23.4 Å². The number of hydrogen-bond acceptors (Lipinski definition) is 6. The number of rotatable bonds is 10. The summed E-state index contributed by atoms with van der Waals surface area (Å²) >= 11 is 0. The number of phenols is 2. The van der Waals surface area contributed by atoms with Crippen molar-refractivity contribution < 1.29 is 34.8 Å². The predicted molar refractivity (Wildman–Crippen MR) is 212 cm³/mol. The monoisotopic (exact) mass is 724 g/mol. The van der Waals surface area contributed by atoms with Gasteiger partial charge in [0.25, 0.3) is 0 Å². The van der Waals surface area contributed by atoms with Crippen molar-refractivity contribution in [1.82, 2.24) is 4.90 Å². The Morgan fingerprint density at radius 3 is 1.61 bits per heavy atom. The van der Waals surface area contributed by atoms with Gasteiger partial charge in [-0.25, -0.2) is 9.59 Å². The molecule has 1 saturated heterocycles. The molecule has 1 heterocycles. The molecule has 276 valence electrons. The summed E-state index contributed by atoms with van der Waals surface area (Å²) < 4.78 is 0. The summed E-state index contributed by atoms with van der Waals surface area (Å²) in [7, 11) is 0. The highest BCUT2D eigenvalue weighted by atomic mass is 16.4. The number of carbonyl (C=O) groups is 3. The smallest absolute Gasteiger partial charge is 0.339 e. The van der Waals surface area contributed by atoms with Crippen LogP contribution in [0.15, 0.2) is 121 Å². The fourth-order valence-corrected chi connectivity index (χ4v) is 7.33. The first-order chi connectivity index (χ1) is 26.2. The first-order valence-corrected chi connectivity index (χ1v) is 18.2. The molecule has 0 radical (unpaired) electrons. The standard InChI is InChI=1S/C23H16O6.C22H28N2O/c24-20-16(14-7-3-1-5-12(14)9-18(20)22(26)27)11-17-15-8-4-2-6-13(15)10-19(21(17)25)23(28)29;1-2-22(25)24(20-11-7-4-8-12-20)21-14-17-23(18-15-21)16-13-19-9-5-3-6-10-19/h1-10,24-25H,11H2,(H,26,27)(H,28,29);3-12,21H,2,13-18H2,1H3. The molecular weight excluding hydrogens is 681 g/mol. The van der Waals surface area contributed by atoms with Crippen molar-refractivity contribution in [2.75, 3.05) is 24.5 Å². The first-order valence-electron chi connectivity index (χ1n) is 18.2. The molecule has 9 nitrogen and oxygen atoms in total. The van der Waals surface area contributed by atoms with E-state index in [9.17, 15) is 34.8 Å². The third kappa shape index (κ3) is 8.37. The molecule has 0 spiro atoms. The molecule has 7 rings (SSSR count). The summed E-state index contributed by atoms with van der Waals surface area (Å²) in [5.74, 6) is -3.12. The maximum Gasteiger partial charge on any atom is 0.339 e. The first kappa shape index (κ1) is 37.6. The van der Waals surface area contributed by atoms with E-state index in [1.165, 1.54) is 17.7 Å². The van der Waals surface area contributed by atoms with Crippen molar-refractivity contribution in [3.05, 3.63) is 149 Å². The fraction of sp³-hybridized carbons (Fsp3) is 0.222. The van der Waals surface area contributed by atoms with Crippen molar-refractivity contribution >= 4 is 45.1 Å². The van der Waals surface area contributed by atoms with Crippen LogP contribution in [0.4, 0.5) is 5.69 Å². The molecule has 1 fully saturated rings. The maximum absolute atomic E-state index is 12.5. The summed E-state index contributed by atoms with van der Waals surface area (Å²) in [6, 6.07) is 37.9. The summed E-state index contributed by atoms with van der Waals surface area (Å²) in [5.41, 5.74) is 2.55. The van der Waals surface area contributed by atoms with Crippen molar-refractivity contribution in [1.29, 1.82) is 0 Å². The highest BCUT2D eigenvalue weighted by Crippen LogP contribution is 2.39. The highest BCUT2D eigenvalue weighted by Gasteiger charge is 2.28. The number of carboxylic acids is 2. The van der Waals surface area contributed by atoms with Crippen LogP contribution in [0.1, 0.15) is 63.6 Å². The van der Waals surface area contributed by atoms with E-state index in [2.05, 4.69) is 47.4 Å². The zero-order chi connectivity index (χ0) is 38.2. The van der Waals surface area contributed by atoms with Crippen LogP contribution in [0.5, 0.6) is 11.5 Å². The lowest BCUT2D eigenvalue weighted by Gasteiger charge is -2.38. The van der Waals surface area contributed by atoms with Crippen LogP contribution in [-0.2, 0) is 17.6 Å². The quantitative estimate of drug-likeness (QED) is 0.110. The van der Waals surface area contributed by atoms with Crippen molar-refractivity contribution in [2.45, 2.75) is 45.1 Å². The van der Waals surface area contributed by atoms with Gasteiger partial charge in [-0.2, -0.15) is 0 Å². The molecule has 4 N–H and O–H groups in total. The van der Waals surface area contributed by atoms with Crippen LogP contribution < -0.4 is 4.90 Å². The number of aromatic hydroxyl groups is 2. The van der Waals surface area contributed by atoms with Crippen LogP contribution in [0.2, 0.25) is 0 Å². The summed E-state index contributed by atoms with van der Waals surface area (Å²) in [5, 5.41) is 42.8. The largest absolute Gasteiger partial charge is 0.507 e. The maximum atomic E-state index is 12.5. The van der Waals surface area contributed by atoms with E-state index in [0.29, 0.717) is 45.1 Å². The van der Waals surface area contributed by atoms with Gasteiger partial charge in [0.05, 0.1) is 0 Å². The Bertz CT molecular complexity index is 2160. The molecule has 54 heavy (non-hydrogen) atoms. The molecule has 6 aromatic carbocycles. The number of amides is 1. The number of nitrogens with zero attached hydrogens (tertiary/aromatic N) is 2. The summed E-state index contributed by atoms with van der Waals surface area (Å²) in [4.78, 5) is 40.3. The van der Waals surface area contributed by atoms with Gasteiger partial charge in [-0.15, -0.1) is 0 Å². The number of likely N-dealkylation sites (tertiary alicyclic amines) is 1. The second kappa shape index (κ2) is 17.1. The Labute approximate surface area is 314 Å². The molecule has 0 atom stereocenters. The second-order valence-corrected chi connectivity index (χ2v) is 13.5. The van der Waals surface area contributed by atoms with E-state index in [1.54, 1.807) is 48.5 Å². The summed E-state index contributed by atoms with van der Waals surface area (Å²) in [6.45, 7) is 5.19. The minimum Gasteiger partial charge on any atom is -0.507 e. The lowest BCUT2D eigenvalue weighted by molar-refractivity contribution is -0.119. The molecule has 1 amide bonds. The van der Waals surface area contributed by atoms with Gasteiger partial charge in [-0.1, -0.05) is 104 Å². The van der Waals surface area contributed by atoms with Gasteiger partial charge in [0, 0.05) is 55.3 Å². The SMILES string of the molecule is CCC(=O)N(c1ccccc1)C1CCN(CCc2ccccc2)CC1.O=C(O)c1cc2ccccc2c(Cc2c(O)c(C(=O)O)cc3ccccc23)c1O. The Morgan fingerprint density at radius 1 is 0.667 bits per heavy atom. The van der Waals surface area contributed by atoms with E-state index >= 15 is 0 Å². The normalized spacial score (nSPS) is 13.3. The average Bonchev–Trinajstić information content (AvgIpc) is 3.20. The number of para-hydroxylation sites is 1. The van der Waals surface area contributed by atoms with Gasteiger partial charge < -0.3 is 30.2 Å². The van der Waals surface area contributed by atoms with Crippen LogP contribution in [0.25, 0.3) is 21.5 Å². The van der Waals surface area contributed by atoms with Crippen molar-refractivity contribution in [3.8, 4) is 11.5 Å². The number of fused-ring (bicyclic) bond motifs is 2. The number of carboxylic acid groups (broad SMARTS) is 2. The number of hydrogen-bond donors (Lipinski definition) is 4. The van der Waals surface area contributed by atoms with Crippen LogP contribution >= 0.6 is 0 Å². The number of carbonyl (C=O) groups excluding carboxylic acids is 1. The number of anilines is 1. The molecule has 1 aliphatic rings. The van der Waals surface area contributed by atoms with Gasteiger partial charge >= 0.3 is 11.9 Å². The topological polar surface area (TPSA) is 139 Å². The van der Waals surface area contributed by atoms with Crippen LogP contribution in [0.3, 0.4) is 0 Å². The zero-order valence-electron chi connectivity index (χ0n) is 30.2. The zero-order valence-corrected chi connectivity index (χ0v) is 30.2. The number of piperidine rings is 1. The number of aromatic carboxylic acids is 2. The van der Waals surface area contributed by atoms with E-state index in [0.717, 1.165) is 44.6 Å². The molecule has 0 aliphatic carbocycles. The van der Waals surface area contributed by atoms with Gasteiger partial charge in [0.15, 0.2) is 0 Å². The van der Waals surface area contributed by atoms with Gasteiger partial charge in [0.1, 0.15) is 22.6 Å². The van der Waals surface area contributed by atoms with Gasteiger partial charge in [0.2, 0.25) is 5.91 Å². The molecule has 1 aliphatic heterocycles. The third-order valence-corrected chi connectivity index (χ3v) is 10.2. The lowest BCUT2D eigenvalue weighted by Crippen LogP contribution is -2.47. The third-order valence-electron chi connectivity index (χ3n) is 10.2. The molecule has 0 saturated carbocycles. The van der Waals surface area contributed by atoms with Gasteiger partial charge in [-0.05, 0) is 70.6 Å². The van der Waals surface area contributed by atoms with Gasteiger partial charge in [-0.3, -0.25) is 4.79 Å². The van der Waals surface area contributed by atoms with Crippen molar-refractivity contribution in [2.24, 2.45) is 0 Å². The molecule has 9 heteroatoms. The minimum atomic E-state index is -1.28. The highest BCUT2D eigenvalue weighted by molar-refractivity contribution is 6.02. The molecule has 0 unspecified atom stereocenters. The minimum absolute atomic E-state index is 0.0407. The molecule has 6 aromatic rings. The van der Waals surface area contributed by atoms with Crippen LogP contribution in [0, 0.1) is 0 Å². The fourth-order valence-electron chi connectivity index (χ4n) is 7.33. The predicted octanol–water partition coefficient (Wildman–Crippen LogP) is 8.53. The van der Waals surface area contributed by atoms with E-state index in [4.69, 9.17) is 0 Å². The Hall–Kier alpha value is -6.19. The molecule has 0 bridgehead atoms. The van der Waals surface area contributed by atoms with E-state index in [-0.39, 0.29) is 23.5 Å². The lowest BCUT2D eigenvalue weighted by atomic mass is 9.90. The summed E-state index contributed by atoms with van der Waals surface area (Å²) in [6.07, 6.45) is 3.72. The molecule has 0 aromatic heterocycles. The number of benzene rings is 6. The van der Waals surface area contributed by atoms with E-state index in [1.807, 2.05) is 30.0 Å². The van der Waals surface area contributed by atoms with Crippen molar-refractivity contribution in [3.63, 3.8) is 0 Å². The second-order valence-electron chi connectivity index (χ2n) is 13.5. The Balaban J connectivity index is 0.000000186. The Morgan fingerprint density at radius 2 is 1.13 bits per heavy atom. The van der Waals surface area contributed by atoms with Crippen LogP contribution in [-0.4, -0.2) is 68.8 Å². The molecular formula is C45H44N2O7. The average molecular weight is 725 g/mol.